The fraction of sp³-hybridized carbons (Fsp3) is 0.364. The molecule has 0 spiro atoms. The van der Waals surface area contributed by atoms with Gasteiger partial charge in [0.05, 0.1) is 0 Å². The van der Waals surface area contributed by atoms with Crippen molar-refractivity contribution in [3.63, 3.8) is 0 Å². The van der Waals surface area contributed by atoms with Crippen molar-refractivity contribution in [3.05, 3.63) is 35.4 Å². The van der Waals surface area contributed by atoms with E-state index in [1.165, 1.54) is 24.3 Å². The normalized spacial score (nSPS) is 12.5. The van der Waals surface area contributed by atoms with Crippen LogP contribution in [-0.2, 0) is 6.42 Å². The molecule has 0 atom stereocenters. The first kappa shape index (κ1) is 13.6. The van der Waals surface area contributed by atoms with E-state index in [1.807, 2.05) is 0 Å². The largest absolute Gasteiger partial charge is 0.453 e. The molecule has 0 radical (unpaired) electrons. The molecule has 6 heteroatoms. The lowest BCUT2D eigenvalue weighted by Crippen LogP contribution is -2.36. The zero-order chi connectivity index (χ0) is 13.1. The molecule has 0 N–H and O–H groups in total. The highest BCUT2D eigenvalue weighted by atomic mass is 19.4. The summed E-state index contributed by atoms with van der Waals surface area (Å²) >= 11 is 0. The van der Waals surface area contributed by atoms with Gasteiger partial charge in [0.15, 0.2) is 0 Å². The van der Waals surface area contributed by atoms with Crippen LogP contribution < -0.4 is 0 Å². The SMILES string of the molecule is O=Cc1ccc(CCC(F)(F)C(F)(F)F)cc1. The average molecular weight is 252 g/mol. The van der Waals surface area contributed by atoms with Crippen molar-refractivity contribution in [1.82, 2.24) is 0 Å². The van der Waals surface area contributed by atoms with E-state index < -0.39 is 24.9 Å². The Morgan fingerprint density at radius 2 is 1.53 bits per heavy atom. The zero-order valence-corrected chi connectivity index (χ0v) is 8.60. The van der Waals surface area contributed by atoms with Crippen LogP contribution in [0.25, 0.3) is 0 Å². The van der Waals surface area contributed by atoms with Gasteiger partial charge in [-0.3, -0.25) is 4.79 Å². The lowest BCUT2D eigenvalue weighted by atomic mass is 10.0. The van der Waals surface area contributed by atoms with E-state index in [1.54, 1.807) is 0 Å². The molecule has 0 saturated heterocycles. The number of carbonyl (C=O) groups excluding carboxylic acids is 1. The van der Waals surface area contributed by atoms with Crippen LogP contribution in [0.2, 0.25) is 0 Å². The maximum absolute atomic E-state index is 12.6. The molecular formula is C11H9F5O. The van der Waals surface area contributed by atoms with E-state index in [2.05, 4.69) is 0 Å². The smallest absolute Gasteiger partial charge is 0.298 e. The molecule has 1 nitrogen and oxygen atoms in total. The Labute approximate surface area is 94.2 Å². The van der Waals surface area contributed by atoms with Gasteiger partial charge in [0, 0.05) is 12.0 Å². The van der Waals surface area contributed by atoms with Crippen molar-refractivity contribution in [2.75, 3.05) is 0 Å². The quantitative estimate of drug-likeness (QED) is 0.590. The average Bonchev–Trinajstić information content (AvgIpc) is 2.25. The molecule has 0 bridgehead atoms. The van der Waals surface area contributed by atoms with E-state index in [9.17, 15) is 26.7 Å². The van der Waals surface area contributed by atoms with Gasteiger partial charge in [0.25, 0.3) is 0 Å². The lowest BCUT2D eigenvalue weighted by Gasteiger charge is -2.19. The maximum atomic E-state index is 12.6. The Morgan fingerprint density at radius 1 is 1.00 bits per heavy atom. The highest BCUT2D eigenvalue weighted by Gasteiger charge is 2.56. The van der Waals surface area contributed by atoms with Crippen LogP contribution in [0.15, 0.2) is 24.3 Å². The third kappa shape index (κ3) is 3.51. The minimum absolute atomic E-state index is 0.333. The molecule has 0 amide bonds. The molecule has 0 fully saturated rings. The number of alkyl halides is 5. The third-order valence-corrected chi connectivity index (χ3v) is 2.26. The van der Waals surface area contributed by atoms with E-state index in [0.717, 1.165) is 0 Å². The summed E-state index contributed by atoms with van der Waals surface area (Å²) in [6.45, 7) is 0. The topological polar surface area (TPSA) is 17.1 Å². The van der Waals surface area contributed by atoms with Gasteiger partial charge in [0.1, 0.15) is 6.29 Å². The number of hydrogen-bond acceptors (Lipinski definition) is 1. The van der Waals surface area contributed by atoms with Crippen LogP contribution >= 0.6 is 0 Å². The van der Waals surface area contributed by atoms with Gasteiger partial charge in [-0.2, -0.15) is 22.0 Å². The van der Waals surface area contributed by atoms with Crippen LogP contribution in [0, 0.1) is 0 Å². The highest BCUT2D eigenvalue weighted by Crippen LogP contribution is 2.38. The predicted octanol–water partition coefficient (Wildman–Crippen LogP) is 3.63. The third-order valence-electron chi connectivity index (χ3n) is 2.26. The van der Waals surface area contributed by atoms with Crippen molar-refractivity contribution in [1.29, 1.82) is 0 Å². The summed E-state index contributed by atoms with van der Waals surface area (Å²) in [7, 11) is 0. The lowest BCUT2D eigenvalue weighted by molar-refractivity contribution is -0.284. The molecule has 1 aromatic carbocycles. The Morgan fingerprint density at radius 3 is 1.94 bits per heavy atom. The number of rotatable bonds is 4. The fourth-order valence-electron chi connectivity index (χ4n) is 1.21. The first-order valence-corrected chi connectivity index (χ1v) is 4.75. The molecular weight excluding hydrogens is 243 g/mol. The number of hydrogen-bond donors (Lipinski definition) is 0. The highest BCUT2D eigenvalue weighted by molar-refractivity contribution is 5.74. The Kier molecular flexibility index (Phi) is 3.85. The van der Waals surface area contributed by atoms with Crippen LogP contribution in [0.1, 0.15) is 22.3 Å². The molecule has 0 aliphatic carbocycles. The second kappa shape index (κ2) is 4.81. The Bertz CT molecular complexity index is 380. The molecule has 17 heavy (non-hydrogen) atoms. The monoisotopic (exact) mass is 252 g/mol. The van der Waals surface area contributed by atoms with Gasteiger partial charge in [-0.05, 0) is 12.0 Å². The summed E-state index contributed by atoms with van der Waals surface area (Å²) in [6.07, 6.45) is -6.65. The summed E-state index contributed by atoms with van der Waals surface area (Å²) in [5.41, 5.74) is 0.677. The molecule has 1 aromatic rings. The summed E-state index contributed by atoms with van der Waals surface area (Å²) in [4.78, 5) is 10.3. The first-order valence-electron chi connectivity index (χ1n) is 4.75. The van der Waals surface area contributed by atoms with Gasteiger partial charge in [-0.15, -0.1) is 0 Å². The van der Waals surface area contributed by atoms with Crippen LogP contribution in [0.4, 0.5) is 22.0 Å². The number of aryl methyl sites for hydroxylation is 1. The van der Waals surface area contributed by atoms with Crippen molar-refractivity contribution in [2.45, 2.75) is 24.9 Å². The van der Waals surface area contributed by atoms with Crippen LogP contribution in [0.3, 0.4) is 0 Å². The van der Waals surface area contributed by atoms with Crippen molar-refractivity contribution in [3.8, 4) is 0 Å². The zero-order valence-electron chi connectivity index (χ0n) is 8.60. The molecule has 1 rings (SSSR count). The van der Waals surface area contributed by atoms with Gasteiger partial charge < -0.3 is 0 Å². The van der Waals surface area contributed by atoms with Crippen LogP contribution in [-0.4, -0.2) is 18.4 Å². The molecule has 0 aliphatic rings. The van der Waals surface area contributed by atoms with E-state index in [0.29, 0.717) is 17.4 Å². The molecule has 94 valence electrons. The second-order valence-corrected chi connectivity index (χ2v) is 3.56. The van der Waals surface area contributed by atoms with Crippen molar-refractivity contribution >= 4 is 6.29 Å². The molecule has 0 aliphatic heterocycles. The molecule has 0 unspecified atom stereocenters. The summed E-state index contributed by atoms with van der Waals surface area (Å²) in [5, 5.41) is 0. The molecule has 0 aromatic heterocycles. The first-order chi connectivity index (χ1) is 7.76. The Balaban J connectivity index is 2.64. The number of carbonyl (C=O) groups is 1. The summed E-state index contributed by atoms with van der Waals surface area (Å²) < 4.78 is 60.7. The number of aldehydes is 1. The van der Waals surface area contributed by atoms with Gasteiger partial charge >= 0.3 is 12.1 Å². The molecule has 0 saturated carbocycles. The van der Waals surface area contributed by atoms with E-state index in [4.69, 9.17) is 0 Å². The second-order valence-electron chi connectivity index (χ2n) is 3.56. The fourth-order valence-corrected chi connectivity index (χ4v) is 1.21. The van der Waals surface area contributed by atoms with Crippen LogP contribution in [0.5, 0.6) is 0 Å². The molecule has 0 heterocycles. The summed E-state index contributed by atoms with van der Waals surface area (Å²) in [6, 6.07) is 5.45. The number of benzene rings is 1. The van der Waals surface area contributed by atoms with Gasteiger partial charge in [-0.25, -0.2) is 0 Å². The van der Waals surface area contributed by atoms with Crippen molar-refractivity contribution in [2.24, 2.45) is 0 Å². The predicted molar refractivity (Wildman–Crippen MR) is 51.2 cm³/mol. The van der Waals surface area contributed by atoms with Crippen molar-refractivity contribution < 1.29 is 26.7 Å². The van der Waals surface area contributed by atoms with Gasteiger partial charge in [-0.1, -0.05) is 24.3 Å². The standard InChI is InChI=1S/C11H9F5O/c12-10(13,11(14,15)16)6-5-8-1-3-9(7-17)4-2-8/h1-4,7H,5-6H2. The summed E-state index contributed by atoms with van der Waals surface area (Å²) in [5.74, 6) is -4.68. The van der Waals surface area contributed by atoms with E-state index in [-0.39, 0.29) is 0 Å². The maximum Gasteiger partial charge on any atom is 0.453 e. The minimum atomic E-state index is -5.52. The van der Waals surface area contributed by atoms with E-state index >= 15 is 0 Å². The number of halogens is 5. The minimum Gasteiger partial charge on any atom is -0.298 e. The Hall–Kier alpha value is -1.46. The van der Waals surface area contributed by atoms with Gasteiger partial charge in [0.2, 0.25) is 0 Å².